The Balaban J connectivity index is 2.08. The first-order valence-electron chi connectivity index (χ1n) is 6.61. The number of aromatic nitrogens is 1. The highest BCUT2D eigenvalue weighted by Gasteiger charge is 2.29. The van der Waals surface area contributed by atoms with Crippen LogP contribution in [0.25, 0.3) is 0 Å². The van der Waals surface area contributed by atoms with Gasteiger partial charge in [0, 0.05) is 25.3 Å². The zero-order chi connectivity index (χ0) is 14.6. The number of sulfonamides is 1. The van der Waals surface area contributed by atoms with Gasteiger partial charge in [0.05, 0.1) is 11.8 Å². The molecule has 0 saturated carbocycles. The highest BCUT2D eigenvalue weighted by Crippen LogP contribution is 2.23. The molecule has 2 unspecified atom stereocenters. The van der Waals surface area contributed by atoms with E-state index in [1.165, 1.54) is 6.20 Å². The molecule has 2 heterocycles. The number of hydrazine groups is 1. The van der Waals surface area contributed by atoms with E-state index in [9.17, 15) is 8.42 Å². The number of nitrogens with zero attached hydrogens (tertiary/aromatic N) is 1. The van der Waals surface area contributed by atoms with E-state index in [-0.39, 0.29) is 22.7 Å². The van der Waals surface area contributed by atoms with Crippen LogP contribution >= 0.6 is 0 Å². The summed E-state index contributed by atoms with van der Waals surface area (Å²) in [6, 6.07) is 3.18. The van der Waals surface area contributed by atoms with Crippen LogP contribution in [0.1, 0.15) is 19.8 Å². The van der Waals surface area contributed by atoms with Crippen LogP contribution in [0.5, 0.6) is 0 Å². The lowest BCUT2D eigenvalue weighted by molar-refractivity contribution is 0.0884. The number of rotatable bonds is 6. The lowest BCUT2D eigenvalue weighted by Gasteiger charge is -2.17. The minimum Gasteiger partial charge on any atom is -0.378 e. The molecule has 0 spiro atoms. The van der Waals surface area contributed by atoms with E-state index in [0.29, 0.717) is 13.2 Å². The van der Waals surface area contributed by atoms with Crippen LogP contribution < -0.4 is 16.0 Å². The Morgan fingerprint density at radius 1 is 1.55 bits per heavy atom. The Hall–Kier alpha value is -1.22. The number of hydrogen-bond acceptors (Lipinski definition) is 6. The summed E-state index contributed by atoms with van der Waals surface area (Å²) in [6.07, 6.45) is 3.29. The lowest BCUT2D eigenvalue weighted by Crippen LogP contribution is -2.33. The zero-order valence-corrected chi connectivity index (χ0v) is 12.2. The van der Waals surface area contributed by atoms with E-state index in [0.717, 1.165) is 12.8 Å². The minimum absolute atomic E-state index is 0.0885. The van der Waals surface area contributed by atoms with Crippen LogP contribution in [0, 0.1) is 5.92 Å². The predicted octanol–water partition coefficient (Wildman–Crippen LogP) is 0.461. The molecule has 4 N–H and O–H groups in total. The largest absolute Gasteiger partial charge is 0.378 e. The molecule has 0 radical (unpaired) electrons. The molecule has 1 aromatic rings. The van der Waals surface area contributed by atoms with Gasteiger partial charge in [0.2, 0.25) is 0 Å². The molecule has 2 atom stereocenters. The van der Waals surface area contributed by atoms with Gasteiger partial charge in [0.1, 0.15) is 0 Å². The number of anilines is 1. The van der Waals surface area contributed by atoms with E-state index in [4.69, 9.17) is 10.6 Å². The van der Waals surface area contributed by atoms with Gasteiger partial charge < -0.3 is 10.2 Å². The topological polar surface area (TPSA) is 106 Å². The van der Waals surface area contributed by atoms with Crippen LogP contribution in [0.2, 0.25) is 0 Å². The minimum atomic E-state index is -3.68. The molecule has 1 saturated heterocycles. The van der Waals surface area contributed by atoms with Crippen LogP contribution in [0.3, 0.4) is 0 Å². The predicted molar refractivity (Wildman–Crippen MR) is 75.4 cm³/mol. The van der Waals surface area contributed by atoms with Crippen molar-refractivity contribution in [2.75, 3.05) is 18.6 Å². The molecule has 20 heavy (non-hydrogen) atoms. The highest BCUT2D eigenvalue weighted by molar-refractivity contribution is 7.89. The molecular formula is C12H20N4O3S. The summed E-state index contributed by atoms with van der Waals surface area (Å²) >= 11 is 0. The molecule has 0 aliphatic carbocycles. The fourth-order valence-corrected chi connectivity index (χ4v) is 3.56. The van der Waals surface area contributed by atoms with Crippen molar-refractivity contribution in [3.05, 3.63) is 18.3 Å². The number of nitrogens with one attached hydrogen (secondary N) is 2. The van der Waals surface area contributed by atoms with Gasteiger partial charge in [-0.2, -0.15) is 0 Å². The Labute approximate surface area is 118 Å². The Morgan fingerprint density at radius 3 is 3.05 bits per heavy atom. The van der Waals surface area contributed by atoms with Crippen molar-refractivity contribution in [3.63, 3.8) is 0 Å². The fraction of sp³-hybridized carbons (Fsp3) is 0.583. The molecule has 7 nitrogen and oxygen atoms in total. The number of ether oxygens (including phenoxy) is 1. The summed E-state index contributed by atoms with van der Waals surface area (Å²) in [5.74, 6) is 5.51. The summed E-state index contributed by atoms with van der Waals surface area (Å²) in [6.45, 7) is 3.07. The van der Waals surface area contributed by atoms with Crippen LogP contribution in [-0.2, 0) is 14.8 Å². The molecule has 0 aromatic carbocycles. The van der Waals surface area contributed by atoms with Crippen LogP contribution in [0.15, 0.2) is 23.4 Å². The van der Waals surface area contributed by atoms with Crippen LogP contribution in [-0.4, -0.2) is 32.7 Å². The average Bonchev–Trinajstić information content (AvgIpc) is 2.92. The molecule has 112 valence electrons. The van der Waals surface area contributed by atoms with Gasteiger partial charge in [-0.15, -0.1) is 0 Å². The van der Waals surface area contributed by atoms with Gasteiger partial charge in [-0.05, 0) is 25.0 Å². The van der Waals surface area contributed by atoms with Gasteiger partial charge in [0.25, 0.3) is 10.0 Å². The normalized spacial score (nSPS) is 22.9. The van der Waals surface area contributed by atoms with Gasteiger partial charge in [-0.1, -0.05) is 6.92 Å². The van der Waals surface area contributed by atoms with E-state index in [1.54, 1.807) is 12.1 Å². The molecule has 0 amide bonds. The third kappa shape index (κ3) is 3.26. The van der Waals surface area contributed by atoms with Gasteiger partial charge in [-0.3, -0.25) is 5.84 Å². The van der Waals surface area contributed by atoms with Crippen molar-refractivity contribution >= 4 is 15.7 Å². The van der Waals surface area contributed by atoms with E-state index >= 15 is 0 Å². The zero-order valence-electron chi connectivity index (χ0n) is 11.4. The molecule has 1 aromatic heterocycles. The first-order chi connectivity index (χ1) is 9.58. The summed E-state index contributed by atoms with van der Waals surface area (Å²) in [5.41, 5.74) is 2.62. The Morgan fingerprint density at radius 2 is 2.35 bits per heavy atom. The van der Waals surface area contributed by atoms with Crippen molar-refractivity contribution in [3.8, 4) is 0 Å². The van der Waals surface area contributed by atoms with Crippen molar-refractivity contribution in [2.45, 2.75) is 30.9 Å². The standard InChI is InChI=1S/C12H20N4O3S/c1-2-11-9(5-7-19-11)8-15-20(17,18)12-10(16-13)4-3-6-14-12/h3-4,6,9,11,15-16H,2,5,7-8,13H2,1H3. The van der Waals surface area contributed by atoms with E-state index < -0.39 is 10.0 Å². The molecule has 1 aliphatic rings. The smallest absolute Gasteiger partial charge is 0.260 e. The summed E-state index contributed by atoms with van der Waals surface area (Å²) < 4.78 is 32.6. The molecule has 0 bridgehead atoms. The maximum Gasteiger partial charge on any atom is 0.260 e. The van der Waals surface area contributed by atoms with Crippen molar-refractivity contribution in [2.24, 2.45) is 11.8 Å². The molecule has 2 rings (SSSR count). The number of nitrogens with two attached hydrogens (primary N) is 1. The Kier molecular flexibility index (Phi) is 4.92. The maximum atomic E-state index is 12.3. The summed E-state index contributed by atoms with van der Waals surface area (Å²) in [7, 11) is -3.68. The molecule has 1 aliphatic heterocycles. The van der Waals surface area contributed by atoms with Crippen molar-refractivity contribution in [1.82, 2.24) is 9.71 Å². The van der Waals surface area contributed by atoms with Gasteiger partial charge in [0.15, 0.2) is 5.03 Å². The summed E-state index contributed by atoms with van der Waals surface area (Å²) in [5, 5.41) is -0.0885. The third-order valence-corrected chi connectivity index (χ3v) is 4.85. The van der Waals surface area contributed by atoms with Crippen molar-refractivity contribution < 1.29 is 13.2 Å². The Bertz CT molecular complexity index is 549. The second-order valence-corrected chi connectivity index (χ2v) is 6.40. The maximum absolute atomic E-state index is 12.3. The number of hydrogen-bond donors (Lipinski definition) is 3. The van der Waals surface area contributed by atoms with Gasteiger partial charge in [-0.25, -0.2) is 18.1 Å². The van der Waals surface area contributed by atoms with Crippen molar-refractivity contribution in [1.29, 1.82) is 0 Å². The third-order valence-electron chi connectivity index (χ3n) is 3.47. The second-order valence-electron chi connectivity index (χ2n) is 4.72. The molecule has 1 fully saturated rings. The molecular weight excluding hydrogens is 280 g/mol. The number of pyridine rings is 1. The van der Waals surface area contributed by atoms with E-state index in [1.807, 2.05) is 6.92 Å². The number of nitrogen functional groups attached to an aromatic ring is 1. The van der Waals surface area contributed by atoms with Gasteiger partial charge >= 0.3 is 0 Å². The monoisotopic (exact) mass is 300 g/mol. The molecule has 8 heteroatoms. The lowest BCUT2D eigenvalue weighted by atomic mass is 10.0. The van der Waals surface area contributed by atoms with E-state index in [2.05, 4.69) is 15.1 Å². The average molecular weight is 300 g/mol. The quantitative estimate of drug-likeness (QED) is 0.520. The summed E-state index contributed by atoms with van der Waals surface area (Å²) in [4.78, 5) is 3.88. The second kappa shape index (κ2) is 6.49. The SMILES string of the molecule is CCC1OCCC1CNS(=O)(=O)c1ncccc1NN. The van der Waals surface area contributed by atoms with Crippen LogP contribution in [0.4, 0.5) is 5.69 Å². The highest BCUT2D eigenvalue weighted by atomic mass is 32.2. The first-order valence-corrected chi connectivity index (χ1v) is 8.09. The fourth-order valence-electron chi connectivity index (χ4n) is 2.38. The first kappa shape index (κ1) is 15.2.